The normalized spacial score (nSPS) is 14.6. The largest absolute Gasteiger partial charge is 0.264 e. The first-order chi connectivity index (χ1) is 8.24. The lowest BCUT2D eigenvalue weighted by Gasteiger charge is -2.01. The predicted octanol–water partition coefficient (Wildman–Crippen LogP) is 4.54. The molecule has 0 unspecified atom stereocenters. The average molecular weight is 295 g/mol. The lowest BCUT2D eigenvalue weighted by molar-refractivity contribution is 0.576. The van der Waals surface area contributed by atoms with E-state index >= 15 is 0 Å². The van der Waals surface area contributed by atoms with Gasteiger partial charge in [-0.2, -0.15) is 5.10 Å². The average Bonchev–Trinajstić information content (AvgIpc) is 3.09. The van der Waals surface area contributed by atoms with E-state index < -0.39 is 0 Å². The molecule has 1 aromatic carbocycles. The maximum absolute atomic E-state index is 4.61. The second-order valence-corrected chi connectivity index (χ2v) is 5.29. The van der Waals surface area contributed by atoms with Crippen molar-refractivity contribution in [1.82, 2.24) is 9.78 Å². The van der Waals surface area contributed by atoms with E-state index in [2.05, 4.69) is 50.8 Å². The van der Waals surface area contributed by atoms with Crippen LogP contribution in [0.3, 0.4) is 0 Å². The summed E-state index contributed by atoms with van der Waals surface area (Å²) in [6.07, 6.45) is 2.74. The van der Waals surface area contributed by atoms with Gasteiger partial charge >= 0.3 is 0 Å². The molecule has 0 amide bonds. The van der Waals surface area contributed by atoms with E-state index in [1.807, 2.05) is 13.8 Å². The molecule has 1 saturated carbocycles. The van der Waals surface area contributed by atoms with Gasteiger partial charge in [0, 0.05) is 16.4 Å². The summed E-state index contributed by atoms with van der Waals surface area (Å²) in [5.41, 5.74) is 2.40. The third-order valence-electron chi connectivity index (χ3n) is 3.03. The van der Waals surface area contributed by atoms with Gasteiger partial charge in [0.2, 0.25) is 0 Å². The van der Waals surface area contributed by atoms with Gasteiger partial charge in [-0.25, -0.2) is 0 Å². The molecule has 0 N–H and O–H groups in total. The fourth-order valence-corrected chi connectivity index (χ4v) is 2.35. The van der Waals surface area contributed by atoms with Crippen LogP contribution in [-0.4, -0.2) is 9.78 Å². The van der Waals surface area contributed by atoms with Crippen LogP contribution in [0.4, 0.5) is 0 Å². The highest BCUT2D eigenvalue weighted by molar-refractivity contribution is 9.10. The second-order valence-electron chi connectivity index (χ2n) is 4.37. The summed E-state index contributed by atoms with van der Waals surface area (Å²) in [4.78, 5) is 0. The van der Waals surface area contributed by atoms with Crippen molar-refractivity contribution in [2.45, 2.75) is 40.2 Å². The molecule has 3 rings (SSSR count). The molecular weight excluding hydrogens is 276 g/mol. The van der Waals surface area contributed by atoms with E-state index in [-0.39, 0.29) is 0 Å². The Bertz CT molecular complexity index is 512. The molecule has 3 heteroatoms. The number of aryl methyl sites for hydroxylation is 1. The molecule has 0 atom stereocenters. The number of hydrogen-bond acceptors (Lipinski definition) is 1. The van der Waals surface area contributed by atoms with E-state index in [9.17, 15) is 0 Å². The standard InChI is InChI=1S/C12H13BrN2.C2H6/c1-8-11-5-4-10(13)6-12(11)15(14-8)7-9-2-3-9;1-2/h4-6,9H,2-3,7H2,1H3;1-2H3. The number of rotatable bonds is 2. The molecule has 17 heavy (non-hydrogen) atoms. The number of fused-ring (bicyclic) bond motifs is 1. The molecule has 2 aromatic rings. The summed E-state index contributed by atoms with van der Waals surface area (Å²) >= 11 is 3.52. The Morgan fingerprint density at radius 2 is 2.06 bits per heavy atom. The molecule has 0 spiro atoms. The summed E-state index contributed by atoms with van der Waals surface area (Å²) < 4.78 is 3.29. The number of hydrogen-bond donors (Lipinski definition) is 0. The summed E-state index contributed by atoms with van der Waals surface area (Å²) in [5.74, 6) is 0.867. The Labute approximate surface area is 111 Å². The molecule has 0 radical (unpaired) electrons. The maximum atomic E-state index is 4.61. The summed E-state index contributed by atoms with van der Waals surface area (Å²) in [5, 5.41) is 5.88. The van der Waals surface area contributed by atoms with Gasteiger partial charge in [0.1, 0.15) is 0 Å². The predicted molar refractivity (Wildman–Crippen MR) is 76.2 cm³/mol. The first kappa shape index (κ1) is 12.6. The minimum atomic E-state index is 0.867. The zero-order chi connectivity index (χ0) is 12.4. The van der Waals surface area contributed by atoms with Crippen LogP contribution in [-0.2, 0) is 6.54 Å². The van der Waals surface area contributed by atoms with Gasteiger partial charge in [-0.1, -0.05) is 29.8 Å². The van der Waals surface area contributed by atoms with Crippen LogP contribution in [0.15, 0.2) is 22.7 Å². The van der Waals surface area contributed by atoms with Gasteiger partial charge < -0.3 is 0 Å². The molecule has 1 aliphatic carbocycles. The van der Waals surface area contributed by atoms with Crippen molar-refractivity contribution in [1.29, 1.82) is 0 Å². The van der Waals surface area contributed by atoms with Gasteiger partial charge in [0.05, 0.1) is 11.2 Å². The third kappa shape index (κ3) is 2.71. The minimum Gasteiger partial charge on any atom is -0.264 e. The molecule has 1 heterocycles. The number of nitrogens with zero attached hydrogens (tertiary/aromatic N) is 2. The Morgan fingerprint density at radius 3 is 2.71 bits per heavy atom. The minimum absolute atomic E-state index is 0.867. The fourth-order valence-electron chi connectivity index (χ4n) is 2.00. The molecule has 0 aliphatic heterocycles. The SMILES string of the molecule is CC.Cc1nn(CC2CC2)c2cc(Br)ccc12. The van der Waals surface area contributed by atoms with E-state index in [0.29, 0.717) is 0 Å². The van der Waals surface area contributed by atoms with Crippen molar-refractivity contribution >= 4 is 26.8 Å². The molecule has 92 valence electrons. The second kappa shape index (κ2) is 5.21. The summed E-state index contributed by atoms with van der Waals surface area (Å²) in [7, 11) is 0. The molecule has 0 saturated heterocycles. The van der Waals surface area contributed by atoms with Crippen LogP contribution in [0.1, 0.15) is 32.4 Å². The zero-order valence-corrected chi connectivity index (χ0v) is 12.3. The van der Waals surface area contributed by atoms with Gasteiger partial charge in [-0.3, -0.25) is 4.68 Å². The topological polar surface area (TPSA) is 17.8 Å². The maximum Gasteiger partial charge on any atom is 0.0696 e. The van der Waals surface area contributed by atoms with Crippen molar-refractivity contribution in [3.8, 4) is 0 Å². The van der Waals surface area contributed by atoms with Gasteiger partial charge in [-0.05, 0) is 43.9 Å². The lowest BCUT2D eigenvalue weighted by Crippen LogP contribution is -2.01. The van der Waals surface area contributed by atoms with E-state index in [0.717, 1.165) is 22.6 Å². The van der Waals surface area contributed by atoms with E-state index in [1.54, 1.807) is 0 Å². The number of halogens is 1. The summed E-state index contributed by atoms with van der Waals surface area (Å²) in [6, 6.07) is 6.39. The smallest absolute Gasteiger partial charge is 0.0696 e. The van der Waals surface area contributed by atoms with Gasteiger partial charge in [0.15, 0.2) is 0 Å². The van der Waals surface area contributed by atoms with Crippen LogP contribution in [0.25, 0.3) is 10.9 Å². The molecule has 0 bridgehead atoms. The van der Waals surface area contributed by atoms with Crippen LogP contribution >= 0.6 is 15.9 Å². The Morgan fingerprint density at radius 1 is 1.35 bits per heavy atom. The lowest BCUT2D eigenvalue weighted by atomic mass is 10.2. The highest BCUT2D eigenvalue weighted by Gasteiger charge is 2.23. The van der Waals surface area contributed by atoms with Crippen molar-refractivity contribution in [2.24, 2.45) is 5.92 Å². The van der Waals surface area contributed by atoms with Gasteiger partial charge in [0.25, 0.3) is 0 Å². The van der Waals surface area contributed by atoms with Crippen molar-refractivity contribution in [3.63, 3.8) is 0 Å². The summed E-state index contributed by atoms with van der Waals surface area (Å²) in [6.45, 7) is 7.17. The van der Waals surface area contributed by atoms with Crippen LogP contribution in [0.5, 0.6) is 0 Å². The van der Waals surface area contributed by atoms with Crippen LogP contribution in [0.2, 0.25) is 0 Å². The van der Waals surface area contributed by atoms with Crippen molar-refractivity contribution < 1.29 is 0 Å². The van der Waals surface area contributed by atoms with Crippen molar-refractivity contribution in [3.05, 3.63) is 28.4 Å². The molecule has 2 nitrogen and oxygen atoms in total. The number of aromatic nitrogens is 2. The highest BCUT2D eigenvalue weighted by Crippen LogP contribution is 2.32. The third-order valence-corrected chi connectivity index (χ3v) is 3.52. The Kier molecular flexibility index (Phi) is 3.87. The first-order valence-electron chi connectivity index (χ1n) is 6.37. The van der Waals surface area contributed by atoms with Crippen molar-refractivity contribution in [2.75, 3.05) is 0 Å². The number of benzene rings is 1. The quantitative estimate of drug-likeness (QED) is 0.795. The Balaban J connectivity index is 0.000000514. The molecule has 1 fully saturated rings. The Hall–Kier alpha value is -0.830. The van der Waals surface area contributed by atoms with E-state index in [4.69, 9.17) is 0 Å². The molecule has 1 aromatic heterocycles. The van der Waals surface area contributed by atoms with Crippen LogP contribution < -0.4 is 0 Å². The first-order valence-corrected chi connectivity index (χ1v) is 7.16. The van der Waals surface area contributed by atoms with Crippen LogP contribution in [0, 0.1) is 12.8 Å². The zero-order valence-electron chi connectivity index (χ0n) is 10.7. The highest BCUT2D eigenvalue weighted by atomic mass is 79.9. The van der Waals surface area contributed by atoms with Gasteiger partial charge in [-0.15, -0.1) is 0 Å². The molecule has 1 aliphatic rings. The monoisotopic (exact) mass is 294 g/mol. The fraction of sp³-hybridized carbons (Fsp3) is 0.500. The van der Waals surface area contributed by atoms with E-state index in [1.165, 1.54) is 23.7 Å². The molecular formula is C14H19BrN2.